The second-order valence-corrected chi connectivity index (χ2v) is 11.9. The first-order valence-corrected chi connectivity index (χ1v) is 14.1. The predicted octanol–water partition coefficient (Wildman–Crippen LogP) is 4.01. The van der Waals surface area contributed by atoms with Crippen LogP contribution < -0.4 is 5.32 Å². The summed E-state index contributed by atoms with van der Waals surface area (Å²) in [4.78, 5) is 27.6. The standard InChI is InChI=1S/C28H35F3N4O5/c1-16-11-20-21(22(28(29,30)31)24(40-20)25(36)32-12-18-15-38-9-10-39-18)23-19(16)14-35(33-23)13-17-3-7-34(8-4-17)26(37)27(2)5-6-27/h14,16-18H,3-13,15H2,1-2H3,(H,32,36)/t16-,18-/m1/s1. The first-order chi connectivity index (χ1) is 19.0. The Morgan fingerprint density at radius 2 is 1.95 bits per heavy atom. The highest BCUT2D eigenvalue weighted by atomic mass is 19.4. The number of piperidine rings is 1. The van der Waals surface area contributed by atoms with Gasteiger partial charge in [-0.3, -0.25) is 14.3 Å². The number of fused-ring (bicyclic) bond motifs is 3. The van der Waals surface area contributed by atoms with E-state index < -0.39 is 29.5 Å². The van der Waals surface area contributed by atoms with E-state index in [0.717, 1.165) is 25.7 Å². The zero-order chi connectivity index (χ0) is 28.2. The van der Waals surface area contributed by atoms with Gasteiger partial charge in [0.05, 0.1) is 37.2 Å². The molecule has 40 heavy (non-hydrogen) atoms. The van der Waals surface area contributed by atoms with Crippen molar-refractivity contribution in [1.82, 2.24) is 20.0 Å². The van der Waals surface area contributed by atoms with Crippen LogP contribution in [0.1, 0.15) is 72.9 Å². The Hall–Kier alpha value is -2.86. The molecule has 2 amide bonds. The maximum absolute atomic E-state index is 14.4. The highest BCUT2D eigenvalue weighted by Gasteiger charge is 2.48. The van der Waals surface area contributed by atoms with E-state index in [2.05, 4.69) is 10.4 Å². The molecule has 2 saturated heterocycles. The van der Waals surface area contributed by atoms with Gasteiger partial charge in [0, 0.05) is 49.8 Å². The Bertz CT molecular complexity index is 1280. The average molecular weight is 565 g/mol. The maximum atomic E-state index is 14.4. The number of hydrogen-bond donors (Lipinski definition) is 1. The molecule has 0 aromatic carbocycles. The average Bonchev–Trinajstić information content (AvgIpc) is 3.35. The highest BCUT2D eigenvalue weighted by molar-refractivity contribution is 5.96. The minimum Gasteiger partial charge on any atom is -0.455 e. The second-order valence-electron chi connectivity index (χ2n) is 11.9. The zero-order valence-corrected chi connectivity index (χ0v) is 22.8. The summed E-state index contributed by atoms with van der Waals surface area (Å²) in [5, 5.41) is 7.13. The third-order valence-corrected chi connectivity index (χ3v) is 8.76. The number of halogens is 3. The molecule has 3 fully saturated rings. The lowest BCUT2D eigenvalue weighted by molar-refractivity contribution is -0.138. The van der Waals surface area contributed by atoms with Crippen LogP contribution in [0.25, 0.3) is 11.3 Å². The fraction of sp³-hybridized carbons (Fsp3) is 0.679. The predicted molar refractivity (Wildman–Crippen MR) is 137 cm³/mol. The van der Waals surface area contributed by atoms with Crippen LogP contribution >= 0.6 is 0 Å². The minimum absolute atomic E-state index is 0.0153. The van der Waals surface area contributed by atoms with Crippen molar-refractivity contribution in [3.63, 3.8) is 0 Å². The largest absolute Gasteiger partial charge is 0.455 e. The summed E-state index contributed by atoms with van der Waals surface area (Å²) in [7, 11) is 0. The minimum atomic E-state index is -4.81. The van der Waals surface area contributed by atoms with Gasteiger partial charge in [0.1, 0.15) is 11.3 Å². The molecule has 0 bridgehead atoms. The lowest BCUT2D eigenvalue weighted by atomic mass is 9.86. The number of furan rings is 1. The van der Waals surface area contributed by atoms with E-state index in [9.17, 15) is 22.8 Å². The summed E-state index contributed by atoms with van der Waals surface area (Å²) in [6.45, 7) is 6.97. The molecule has 2 aromatic heterocycles. The van der Waals surface area contributed by atoms with Crippen LogP contribution in [0.3, 0.4) is 0 Å². The Balaban J connectivity index is 1.21. The SMILES string of the molecule is C[C@@H]1Cc2oc(C(=O)NC[C@@H]3COCCO3)c(C(F)(F)F)c2-c2nn(CC3CCN(C(=O)C4(C)CC4)CC3)cc21. The quantitative estimate of drug-likeness (QED) is 0.570. The number of ether oxygens (including phenoxy) is 2. The van der Waals surface area contributed by atoms with Crippen LogP contribution in [-0.2, 0) is 33.4 Å². The molecule has 0 radical (unpaired) electrons. The molecule has 1 N–H and O–H groups in total. The number of alkyl halides is 3. The summed E-state index contributed by atoms with van der Waals surface area (Å²) < 4.78 is 61.4. The number of carbonyl (C=O) groups is 2. The van der Waals surface area contributed by atoms with Gasteiger partial charge in [-0.2, -0.15) is 18.3 Å². The monoisotopic (exact) mass is 564 g/mol. The number of hydrogen-bond acceptors (Lipinski definition) is 6. The lowest BCUT2D eigenvalue weighted by Crippen LogP contribution is -2.42. The first kappa shape index (κ1) is 27.3. The molecule has 0 unspecified atom stereocenters. The topological polar surface area (TPSA) is 98.8 Å². The van der Waals surface area contributed by atoms with Crippen molar-refractivity contribution in [2.24, 2.45) is 11.3 Å². The molecule has 2 aliphatic carbocycles. The summed E-state index contributed by atoms with van der Waals surface area (Å²) in [5.74, 6) is -1.17. The number of aromatic nitrogens is 2. The van der Waals surface area contributed by atoms with Crippen molar-refractivity contribution < 1.29 is 36.7 Å². The van der Waals surface area contributed by atoms with Crippen molar-refractivity contribution >= 4 is 11.8 Å². The van der Waals surface area contributed by atoms with Gasteiger partial charge in [-0.05, 0) is 37.5 Å². The van der Waals surface area contributed by atoms with E-state index in [1.165, 1.54) is 0 Å². The van der Waals surface area contributed by atoms with E-state index in [0.29, 0.717) is 38.4 Å². The van der Waals surface area contributed by atoms with Crippen LogP contribution in [0.2, 0.25) is 0 Å². The van der Waals surface area contributed by atoms with Crippen molar-refractivity contribution in [2.45, 2.75) is 70.7 Å². The van der Waals surface area contributed by atoms with Gasteiger partial charge in [0.2, 0.25) is 11.7 Å². The van der Waals surface area contributed by atoms with Crippen LogP contribution in [0.5, 0.6) is 0 Å². The van der Waals surface area contributed by atoms with E-state index in [1.807, 2.05) is 24.9 Å². The van der Waals surface area contributed by atoms with E-state index in [4.69, 9.17) is 13.9 Å². The van der Waals surface area contributed by atoms with E-state index in [1.54, 1.807) is 4.68 Å². The molecule has 6 rings (SSSR count). The molecular weight excluding hydrogens is 529 g/mol. The van der Waals surface area contributed by atoms with Gasteiger partial charge < -0.3 is 24.1 Å². The molecule has 2 aromatic rings. The van der Waals surface area contributed by atoms with Gasteiger partial charge in [0.25, 0.3) is 5.91 Å². The highest BCUT2D eigenvalue weighted by Crippen LogP contribution is 2.49. The van der Waals surface area contributed by atoms with Gasteiger partial charge in [-0.25, -0.2) is 0 Å². The molecule has 4 aliphatic rings. The van der Waals surface area contributed by atoms with Gasteiger partial charge in [-0.15, -0.1) is 0 Å². The summed E-state index contributed by atoms with van der Waals surface area (Å²) >= 11 is 0. The Kier molecular flexibility index (Phi) is 6.97. The molecule has 2 atom stereocenters. The molecule has 218 valence electrons. The molecule has 12 heteroatoms. The first-order valence-electron chi connectivity index (χ1n) is 14.1. The smallest absolute Gasteiger partial charge is 0.420 e. The van der Waals surface area contributed by atoms with E-state index in [-0.39, 0.29) is 59.7 Å². The van der Waals surface area contributed by atoms with Gasteiger partial charge in [0.15, 0.2) is 0 Å². The van der Waals surface area contributed by atoms with Crippen molar-refractivity contribution in [1.29, 1.82) is 0 Å². The molecule has 2 aliphatic heterocycles. The zero-order valence-electron chi connectivity index (χ0n) is 22.8. The van der Waals surface area contributed by atoms with Crippen LogP contribution in [-0.4, -0.2) is 72.1 Å². The van der Waals surface area contributed by atoms with Gasteiger partial charge >= 0.3 is 6.18 Å². The number of amides is 2. The Labute approximate surface area is 230 Å². The van der Waals surface area contributed by atoms with Crippen molar-refractivity contribution in [3.8, 4) is 11.3 Å². The number of likely N-dealkylation sites (tertiary alicyclic amines) is 1. The molecule has 1 saturated carbocycles. The van der Waals surface area contributed by atoms with Crippen LogP contribution in [0, 0.1) is 11.3 Å². The third-order valence-electron chi connectivity index (χ3n) is 8.76. The van der Waals surface area contributed by atoms with Crippen molar-refractivity contribution in [2.75, 3.05) is 39.5 Å². The molecule has 4 heterocycles. The number of nitrogens with one attached hydrogen (secondary N) is 1. The third kappa shape index (κ3) is 5.15. The Morgan fingerprint density at radius 1 is 1.20 bits per heavy atom. The van der Waals surface area contributed by atoms with Crippen LogP contribution in [0.15, 0.2) is 10.6 Å². The van der Waals surface area contributed by atoms with Crippen molar-refractivity contribution in [3.05, 3.63) is 28.8 Å². The molecule has 9 nitrogen and oxygen atoms in total. The maximum Gasteiger partial charge on any atom is 0.420 e. The lowest BCUT2D eigenvalue weighted by Gasteiger charge is -2.33. The van der Waals surface area contributed by atoms with E-state index >= 15 is 0 Å². The summed E-state index contributed by atoms with van der Waals surface area (Å²) in [6, 6.07) is 0. The normalized spacial score (nSPS) is 24.4. The summed E-state index contributed by atoms with van der Waals surface area (Å²) in [5.41, 5.74) is -0.467. The second kappa shape index (κ2) is 10.2. The number of carbonyl (C=O) groups excluding carboxylic acids is 2. The number of rotatable bonds is 6. The molecule has 0 spiro atoms. The molecular formula is C28H35F3N4O5. The number of nitrogens with zero attached hydrogens (tertiary/aromatic N) is 3. The van der Waals surface area contributed by atoms with Crippen LogP contribution in [0.4, 0.5) is 13.2 Å². The fourth-order valence-electron chi connectivity index (χ4n) is 6.08. The Morgan fingerprint density at radius 3 is 2.60 bits per heavy atom. The fourth-order valence-corrected chi connectivity index (χ4v) is 6.08. The summed E-state index contributed by atoms with van der Waals surface area (Å²) in [6.07, 6.45) is 0.383. The van der Waals surface area contributed by atoms with Gasteiger partial charge in [-0.1, -0.05) is 13.8 Å².